The molecular formula is C16H15FN2O2. The summed E-state index contributed by atoms with van der Waals surface area (Å²) in [6, 6.07) is 13.4. The predicted molar refractivity (Wildman–Crippen MR) is 78.5 cm³/mol. The third kappa shape index (κ3) is 4.74. The highest BCUT2D eigenvalue weighted by atomic mass is 19.1. The van der Waals surface area contributed by atoms with Crippen LogP contribution in [0.25, 0.3) is 6.08 Å². The summed E-state index contributed by atoms with van der Waals surface area (Å²) in [4.78, 5) is 11.0. The Labute approximate surface area is 122 Å². The van der Waals surface area contributed by atoms with Crippen molar-refractivity contribution in [2.24, 2.45) is 5.84 Å². The van der Waals surface area contributed by atoms with Gasteiger partial charge in [-0.2, -0.15) is 0 Å². The Morgan fingerprint density at radius 1 is 1.14 bits per heavy atom. The maximum atomic E-state index is 12.8. The van der Waals surface area contributed by atoms with E-state index < -0.39 is 0 Å². The molecule has 2 rings (SSSR count). The monoisotopic (exact) mass is 286 g/mol. The van der Waals surface area contributed by atoms with E-state index >= 15 is 0 Å². The topological polar surface area (TPSA) is 64.3 Å². The summed E-state index contributed by atoms with van der Waals surface area (Å²) in [7, 11) is 0. The summed E-state index contributed by atoms with van der Waals surface area (Å²) in [6.45, 7) is 0.366. The fourth-order valence-electron chi connectivity index (χ4n) is 1.64. The molecule has 0 saturated heterocycles. The fourth-order valence-corrected chi connectivity index (χ4v) is 1.64. The number of ether oxygens (including phenoxy) is 1. The molecule has 2 aromatic carbocycles. The maximum absolute atomic E-state index is 12.8. The summed E-state index contributed by atoms with van der Waals surface area (Å²) in [6.07, 6.45) is 2.99. The number of hydrogen-bond acceptors (Lipinski definition) is 3. The minimum Gasteiger partial charge on any atom is -0.489 e. The Morgan fingerprint density at radius 3 is 2.43 bits per heavy atom. The van der Waals surface area contributed by atoms with Gasteiger partial charge in [0.15, 0.2) is 0 Å². The van der Waals surface area contributed by atoms with Gasteiger partial charge in [0.1, 0.15) is 18.2 Å². The average Bonchev–Trinajstić information content (AvgIpc) is 2.53. The number of nitrogens with one attached hydrogen (secondary N) is 1. The number of hydrogen-bond donors (Lipinski definition) is 2. The quantitative estimate of drug-likeness (QED) is 0.384. The van der Waals surface area contributed by atoms with Gasteiger partial charge in [0, 0.05) is 6.08 Å². The molecule has 0 fully saturated rings. The van der Waals surface area contributed by atoms with E-state index in [1.54, 1.807) is 30.3 Å². The molecule has 0 heterocycles. The SMILES string of the molecule is NNC(=O)/C=C/c1ccc(OCc2ccc(F)cc2)cc1. The summed E-state index contributed by atoms with van der Waals surface area (Å²) >= 11 is 0. The van der Waals surface area contributed by atoms with Crippen LogP contribution in [0, 0.1) is 5.82 Å². The summed E-state index contributed by atoms with van der Waals surface area (Å²) in [5, 5.41) is 0. The van der Waals surface area contributed by atoms with E-state index in [-0.39, 0.29) is 11.7 Å². The van der Waals surface area contributed by atoms with Crippen molar-refractivity contribution >= 4 is 12.0 Å². The number of halogens is 1. The first-order chi connectivity index (χ1) is 10.2. The molecular weight excluding hydrogens is 271 g/mol. The zero-order valence-corrected chi connectivity index (χ0v) is 11.3. The minimum atomic E-state index is -0.369. The standard InChI is InChI=1S/C16H15FN2O2/c17-14-6-1-13(2-7-14)11-21-15-8-3-12(4-9-15)5-10-16(20)19-18/h1-10H,11,18H2,(H,19,20)/b10-5+. The Morgan fingerprint density at radius 2 is 1.81 bits per heavy atom. The molecule has 0 saturated carbocycles. The van der Waals surface area contributed by atoms with Crippen LogP contribution in [0.1, 0.15) is 11.1 Å². The van der Waals surface area contributed by atoms with Crippen LogP contribution in [0.15, 0.2) is 54.6 Å². The van der Waals surface area contributed by atoms with Gasteiger partial charge in [-0.05, 0) is 41.5 Å². The molecule has 0 spiro atoms. The van der Waals surface area contributed by atoms with Crippen molar-refractivity contribution in [1.29, 1.82) is 0 Å². The number of nitrogens with two attached hydrogens (primary N) is 1. The molecule has 5 heteroatoms. The largest absolute Gasteiger partial charge is 0.489 e. The number of carbonyl (C=O) groups excluding carboxylic acids is 1. The second-order valence-corrected chi connectivity index (χ2v) is 4.33. The van der Waals surface area contributed by atoms with Gasteiger partial charge in [-0.1, -0.05) is 24.3 Å². The lowest BCUT2D eigenvalue weighted by Crippen LogP contribution is -2.27. The van der Waals surface area contributed by atoms with E-state index in [1.807, 2.05) is 17.6 Å². The molecule has 3 N–H and O–H groups in total. The van der Waals surface area contributed by atoms with Crippen LogP contribution >= 0.6 is 0 Å². The predicted octanol–water partition coefficient (Wildman–Crippen LogP) is 2.41. The second kappa shape index (κ2) is 7.21. The van der Waals surface area contributed by atoms with E-state index in [4.69, 9.17) is 10.6 Å². The van der Waals surface area contributed by atoms with Crippen molar-refractivity contribution in [1.82, 2.24) is 5.43 Å². The Kier molecular flexibility index (Phi) is 5.06. The summed E-state index contributed by atoms with van der Waals surface area (Å²) < 4.78 is 18.4. The normalized spacial score (nSPS) is 10.6. The van der Waals surface area contributed by atoms with E-state index in [9.17, 15) is 9.18 Å². The molecule has 108 valence electrons. The molecule has 0 unspecified atom stereocenters. The first kappa shape index (κ1) is 14.7. The molecule has 0 aliphatic heterocycles. The lowest BCUT2D eigenvalue weighted by molar-refractivity contribution is -0.116. The third-order valence-corrected chi connectivity index (χ3v) is 2.77. The van der Waals surface area contributed by atoms with Gasteiger partial charge < -0.3 is 4.74 Å². The summed E-state index contributed by atoms with van der Waals surface area (Å²) in [5.41, 5.74) is 3.76. The molecule has 2 aromatic rings. The van der Waals surface area contributed by atoms with E-state index in [0.29, 0.717) is 12.4 Å². The lowest BCUT2D eigenvalue weighted by atomic mass is 10.2. The first-order valence-electron chi connectivity index (χ1n) is 6.33. The van der Waals surface area contributed by atoms with Crippen molar-refractivity contribution in [3.63, 3.8) is 0 Å². The van der Waals surface area contributed by atoms with Crippen molar-refractivity contribution < 1.29 is 13.9 Å². The molecule has 0 aliphatic carbocycles. The molecule has 21 heavy (non-hydrogen) atoms. The Bertz CT molecular complexity index is 622. The van der Waals surface area contributed by atoms with Gasteiger partial charge in [-0.15, -0.1) is 0 Å². The molecule has 1 amide bonds. The third-order valence-electron chi connectivity index (χ3n) is 2.77. The summed E-state index contributed by atoms with van der Waals surface area (Å²) in [5.74, 6) is 5.03. The van der Waals surface area contributed by atoms with Crippen molar-refractivity contribution in [3.05, 3.63) is 71.6 Å². The fraction of sp³-hybridized carbons (Fsp3) is 0.0625. The number of amides is 1. The second-order valence-electron chi connectivity index (χ2n) is 4.33. The highest BCUT2D eigenvalue weighted by Gasteiger charge is 1.97. The van der Waals surface area contributed by atoms with Crippen molar-refractivity contribution in [3.8, 4) is 5.75 Å². The zero-order chi connectivity index (χ0) is 15.1. The Hall–Kier alpha value is -2.66. The van der Waals surface area contributed by atoms with Gasteiger partial charge in [-0.25, -0.2) is 10.2 Å². The zero-order valence-electron chi connectivity index (χ0n) is 11.3. The average molecular weight is 286 g/mol. The molecule has 0 aromatic heterocycles. The van der Waals surface area contributed by atoms with Gasteiger partial charge in [0.25, 0.3) is 5.91 Å². The minimum absolute atomic E-state index is 0.267. The highest BCUT2D eigenvalue weighted by Crippen LogP contribution is 2.15. The molecule has 0 bridgehead atoms. The van der Waals surface area contributed by atoms with Gasteiger partial charge in [0.2, 0.25) is 0 Å². The van der Waals surface area contributed by atoms with Gasteiger partial charge >= 0.3 is 0 Å². The maximum Gasteiger partial charge on any atom is 0.257 e. The van der Waals surface area contributed by atoms with Gasteiger partial charge in [-0.3, -0.25) is 10.2 Å². The Balaban J connectivity index is 1.91. The number of hydrazine groups is 1. The van der Waals surface area contributed by atoms with E-state index in [1.165, 1.54) is 18.2 Å². The molecule has 0 aliphatic rings. The molecule has 0 radical (unpaired) electrons. The highest BCUT2D eigenvalue weighted by molar-refractivity contribution is 5.91. The van der Waals surface area contributed by atoms with Crippen molar-refractivity contribution in [2.75, 3.05) is 0 Å². The van der Waals surface area contributed by atoms with Crippen LogP contribution in [-0.4, -0.2) is 5.91 Å². The van der Waals surface area contributed by atoms with Gasteiger partial charge in [0.05, 0.1) is 0 Å². The molecule has 4 nitrogen and oxygen atoms in total. The number of benzene rings is 2. The van der Waals surface area contributed by atoms with Crippen LogP contribution < -0.4 is 16.0 Å². The van der Waals surface area contributed by atoms with Crippen LogP contribution in [0.3, 0.4) is 0 Å². The van der Waals surface area contributed by atoms with Crippen LogP contribution in [0.4, 0.5) is 4.39 Å². The van der Waals surface area contributed by atoms with E-state index in [2.05, 4.69) is 0 Å². The van der Waals surface area contributed by atoms with Crippen LogP contribution in [0.2, 0.25) is 0 Å². The smallest absolute Gasteiger partial charge is 0.257 e. The van der Waals surface area contributed by atoms with Crippen molar-refractivity contribution in [2.45, 2.75) is 6.61 Å². The van der Waals surface area contributed by atoms with Crippen LogP contribution in [0.5, 0.6) is 5.75 Å². The number of carbonyl (C=O) groups is 1. The lowest BCUT2D eigenvalue weighted by Gasteiger charge is -2.06. The first-order valence-corrected chi connectivity index (χ1v) is 6.33. The molecule has 0 atom stereocenters. The van der Waals surface area contributed by atoms with E-state index in [0.717, 1.165) is 11.1 Å². The van der Waals surface area contributed by atoms with Crippen LogP contribution in [-0.2, 0) is 11.4 Å². The number of rotatable bonds is 5.